The van der Waals surface area contributed by atoms with Gasteiger partial charge in [0.1, 0.15) is 5.58 Å². The highest BCUT2D eigenvalue weighted by atomic mass is 32.1. The van der Waals surface area contributed by atoms with Crippen LogP contribution in [0.3, 0.4) is 0 Å². The standard InChI is InChI=1S/C52H33NOS/c1-3-14-36(15-4-1)41-31-32-47(52-49(41)45-22-11-20-42(51(45)55-52)37-16-5-2-6-17-37)53(46-23-12-21-44-43-19-9-10-24-48(43)54-50(44)46)40-29-27-35(28-30-40)39-26-25-34-13-7-8-18-38(34)33-39/h1-33H. The molecule has 0 amide bonds. The third-order valence-electron chi connectivity index (χ3n) is 10.9. The summed E-state index contributed by atoms with van der Waals surface area (Å²) in [6.07, 6.45) is 0. The average Bonchev–Trinajstić information content (AvgIpc) is 3.85. The topological polar surface area (TPSA) is 16.4 Å². The second kappa shape index (κ2) is 12.9. The molecule has 0 saturated carbocycles. The molecule has 9 aromatic carbocycles. The molecular formula is C52H33NOS. The van der Waals surface area contributed by atoms with Crippen LogP contribution in [0.1, 0.15) is 0 Å². The van der Waals surface area contributed by atoms with Crippen LogP contribution in [0.5, 0.6) is 0 Å². The average molecular weight is 720 g/mol. The van der Waals surface area contributed by atoms with Gasteiger partial charge in [0.25, 0.3) is 0 Å². The van der Waals surface area contributed by atoms with E-state index < -0.39 is 0 Å². The molecule has 258 valence electrons. The number of hydrogen-bond donors (Lipinski definition) is 0. The first-order valence-electron chi connectivity index (χ1n) is 18.7. The molecule has 0 bridgehead atoms. The number of rotatable bonds is 6. The molecule has 3 heteroatoms. The number of nitrogens with zero attached hydrogens (tertiary/aromatic N) is 1. The lowest BCUT2D eigenvalue weighted by Crippen LogP contribution is -2.10. The molecular weight excluding hydrogens is 687 g/mol. The van der Waals surface area contributed by atoms with Gasteiger partial charge < -0.3 is 9.32 Å². The predicted octanol–water partition coefficient (Wildman–Crippen LogP) is 15.6. The van der Waals surface area contributed by atoms with E-state index in [-0.39, 0.29) is 0 Å². The van der Waals surface area contributed by atoms with Gasteiger partial charge in [0.2, 0.25) is 0 Å². The van der Waals surface area contributed by atoms with E-state index in [1.165, 1.54) is 64.3 Å². The van der Waals surface area contributed by atoms with Crippen LogP contribution >= 0.6 is 11.3 Å². The summed E-state index contributed by atoms with van der Waals surface area (Å²) in [4.78, 5) is 2.41. The lowest BCUT2D eigenvalue weighted by molar-refractivity contribution is 0.669. The zero-order chi connectivity index (χ0) is 36.3. The monoisotopic (exact) mass is 719 g/mol. The number of benzene rings is 9. The highest BCUT2D eigenvalue weighted by Crippen LogP contribution is 2.51. The van der Waals surface area contributed by atoms with Crippen molar-refractivity contribution in [1.29, 1.82) is 0 Å². The molecule has 0 radical (unpaired) electrons. The van der Waals surface area contributed by atoms with Crippen LogP contribution in [0, 0.1) is 0 Å². The highest BCUT2D eigenvalue weighted by Gasteiger charge is 2.25. The maximum absolute atomic E-state index is 6.74. The fourth-order valence-electron chi connectivity index (χ4n) is 8.26. The molecule has 0 N–H and O–H groups in total. The lowest BCUT2D eigenvalue weighted by atomic mass is 9.96. The first kappa shape index (κ1) is 31.6. The van der Waals surface area contributed by atoms with Crippen molar-refractivity contribution in [3.05, 3.63) is 200 Å². The SMILES string of the molecule is c1ccc(-c2cccc3c2sc2c(N(c4ccc(-c5ccc6ccccc6c5)cc4)c4cccc5c4oc4ccccc45)ccc(-c4ccccc4)c23)cc1. The Bertz CT molecular complexity index is 3190. The third-order valence-corrected chi connectivity index (χ3v) is 12.1. The molecule has 11 rings (SSSR count). The van der Waals surface area contributed by atoms with Crippen LogP contribution in [0.15, 0.2) is 205 Å². The van der Waals surface area contributed by atoms with Gasteiger partial charge in [0.05, 0.1) is 16.1 Å². The van der Waals surface area contributed by atoms with E-state index in [4.69, 9.17) is 4.42 Å². The van der Waals surface area contributed by atoms with E-state index in [2.05, 4.69) is 199 Å². The largest absolute Gasteiger partial charge is 0.454 e. The van der Waals surface area contributed by atoms with Crippen LogP contribution in [-0.4, -0.2) is 0 Å². The summed E-state index contributed by atoms with van der Waals surface area (Å²) in [5.41, 5.74) is 12.2. The van der Waals surface area contributed by atoms with E-state index in [9.17, 15) is 0 Å². The minimum absolute atomic E-state index is 0.869. The highest BCUT2D eigenvalue weighted by molar-refractivity contribution is 7.27. The van der Waals surface area contributed by atoms with Crippen molar-refractivity contribution in [2.45, 2.75) is 0 Å². The number of furan rings is 1. The number of anilines is 3. The summed E-state index contributed by atoms with van der Waals surface area (Å²) in [6, 6.07) is 72.0. The van der Waals surface area contributed by atoms with E-state index >= 15 is 0 Å². The minimum Gasteiger partial charge on any atom is -0.454 e. The van der Waals surface area contributed by atoms with E-state index in [0.717, 1.165) is 39.0 Å². The predicted molar refractivity (Wildman–Crippen MR) is 235 cm³/mol. The molecule has 55 heavy (non-hydrogen) atoms. The van der Waals surface area contributed by atoms with Crippen molar-refractivity contribution in [3.8, 4) is 33.4 Å². The molecule has 0 aliphatic heterocycles. The van der Waals surface area contributed by atoms with Crippen LogP contribution in [-0.2, 0) is 0 Å². The van der Waals surface area contributed by atoms with Gasteiger partial charge in [-0.3, -0.25) is 0 Å². The Morgan fingerprint density at radius 1 is 0.382 bits per heavy atom. The molecule has 0 saturated heterocycles. The number of thiophene rings is 1. The van der Waals surface area contributed by atoms with Crippen molar-refractivity contribution < 1.29 is 4.42 Å². The van der Waals surface area contributed by atoms with Gasteiger partial charge in [-0.2, -0.15) is 0 Å². The fraction of sp³-hybridized carbons (Fsp3) is 0. The summed E-state index contributed by atoms with van der Waals surface area (Å²) >= 11 is 1.88. The Hall–Kier alpha value is -6.94. The number of para-hydroxylation sites is 2. The van der Waals surface area contributed by atoms with Crippen molar-refractivity contribution in [2.75, 3.05) is 4.90 Å². The minimum atomic E-state index is 0.869. The molecule has 11 aromatic rings. The van der Waals surface area contributed by atoms with Crippen LogP contribution in [0.25, 0.3) is 86.3 Å². The molecule has 2 aromatic heterocycles. The zero-order valence-corrected chi connectivity index (χ0v) is 30.6. The van der Waals surface area contributed by atoms with E-state index in [1.54, 1.807) is 0 Å². The van der Waals surface area contributed by atoms with Crippen molar-refractivity contribution >= 4 is 81.3 Å². The summed E-state index contributed by atoms with van der Waals surface area (Å²) in [5.74, 6) is 0. The van der Waals surface area contributed by atoms with Crippen molar-refractivity contribution in [3.63, 3.8) is 0 Å². The molecule has 0 aliphatic rings. The number of fused-ring (bicyclic) bond motifs is 7. The molecule has 2 nitrogen and oxygen atoms in total. The summed E-state index contributed by atoms with van der Waals surface area (Å²) in [5, 5.41) is 7.22. The van der Waals surface area contributed by atoms with Crippen LogP contribution in [0.2, 0.25) is 0 Å². The zero-order valence-electron chi connectivity index (χ0n) is 29.8. The second-order valence-corrected chi connectivity index (χ2v) is 15.1. The van der Waals surface area contributed by atoms with Gasteiger partial charge in [0, 0.05) is 31.9 Å². The molecule has 2 heterocycles. The fourth-order valence-corrected chi connectivity index (χ4v) is 9.62. The van der Waals surface area contributed by atoms with Crippen LogP contribution in [0.4, 0.5) is 17.1 Å². The Balaban J connectivity index is 1.19. The van der Waals surface area contributed by atoms with Gasteiger partial charge in [-0.05, 0) is 80.6 Å². The maximum Gasteiger partial charge on any atom is 0.159 e. The summed E-state index contributed by atoms with van der Waals surface area (Å²) in [7, 11) is 0. The molecule has 0 unspecified atom stereocenters. The van der Waals surface area contributed by atoms with Crippen molar-refractivity contribution in [2.24, 2.45) is 0 Å². The molecule has 0 aliphatic carbocycles. The van der Waals surface area contributed by atoms with Gasteiger partial charge in [-0.1, -0.05) is 164 Å². The second-order valence-electron chi connectivity index (χ2n) is 14.0. The van der Waals surface area contributed by atoms with Crippen LogP contribution < -0.4 is 4.90 Å². The Labute approximate surface area is 322 Å². The number of hydrogen-bond acceptors (Lipinski definition) is 3. The normalized spacial score (nSPS) is 11.6. The Morgan fingerprint density at radius 3 is 1.85 bits per heavy atom. The Kier molecular flexibility index (Phi) is 7.39. The maximum atomic E-state index is 6.74. The molecule has 0 fully saturated rings. The van der Waals surface area contributed by atoms with Crippen molar-refractivity contribution in [1.82, 2.24) is 0 Å². The lowest BCUT2D eigenvalue weighted by Gasteiger charge is -2.27. The van der Waals surface area contributed by atoms with Gasteiger partial charge in [0.15, 0.2) is 5.58 Å². The quantitative estimate of drug-likeness (QED) is 0.170. The summed E-state index contributed by atoms with van der Waals surface area (Å²) < 4.78 is 9.25. The molecule has 0 atom stereocenters. The van der Waals surface area contributed by atoms with Gasteiger partial charge in [-0.15, -0.1) is 11.3 Å². The van der Waals surface area contributed by atoms with Gasteiger partial charge in [-0.25, -0.2) is 0 Å². The molecule has 0 spiro atoms. The van der Waals surface area contributed by atoms with E-state index in [1.807, 2.05) is 17.4 Å². The smallest absolute Gasteiger partial charge is 0.159 e. The Morgan fingerprint density at radius 2 is 1.04 bits per heavy atom. The van der Waals surface area contributed by atoms with E-state index in [0.29, 0.717) is 0 Å². The first-order valence-corrected chi connectivity index (χ1v) is 19.5. The van der Waals surface area contributed by atoms with Gasteiger partial charge >= 0.3 is 0 Å². The summed E-state index contributed by atoms with van der Waals surface area (Å²) in [6.45, 7) is 0. The first-order chi connectivity index (χ1) is 27.3. The third kappa shape index (κ3) is 5.24.